The van der Waals surface area contributed by atoms with E-state index in [4.69, 9.17) is 16.8 Å². The lowest BCUT2D eigenvalue weighted by atomic mass is 10.2. The van der Waals surface area contributed by atoms with Gasteiger partial charge in [-0.25, -0.2) is 0 Å². The van der Waals surface area contributed by atoms with E-state index in [0.29, 0.717) is 5.69 Å². The summed E-state index contributed by atoms with van der Waals surface area (Å²) in [7, 11) is 0. The molecule has 5 heteroatoms. The van der Waals surface area contributed by atoms with E-state index in [1.165, 1.54) is 0 Å². The van der Waals surface area contributed by atoms with Crippen LogP contribution in [0.15, 0.2) is 21.9 Å². The van der Waals surface area contributed by atoms with Crippen LogP contribution in [0.3, 0.4) is 0 Å². The summed E-state index contributed by atoms with van der Waals surface area (Å²) in [6.45, 7) is 1.83. The van der Waals surface area contributed by atoms with Crippen LogP contribution in [-0.2, 0) is 0 Å². The molecule has 0 spiro atoms. The van der Waals surface area contributed by atoms with E-state index in [1.807, 2.05) is 13.0 Å². The summed E-state index contributed by atoms with van der Waals surface area (Å²) in [5.74, 6) is 0. The molecule has 0 aliphatic carbocycles. The number of halogens is 2. The Morgan fingerprint density at radius 3 is 2.92 bits per heavy atom. The molecule has 0 unspecified atom stereocenters. The highest BCUT2D eigenvalue weighted by Gasteiger charge is 2.05. The minimum Gasteiger partial charge on any atom is -0.410 e. The molecular weight excluding hydrogens is 243 g/mol. The van der Waals surface area contributed by atoms with Crippen LogP contribution in [-0.4, -0.2) is 15.4 Å². The summed E-state index contributed by atoms with van der Waals surface area (Å²) >= 11 is 8.83. The van der Waals surface area contributed by atoms with Gasteiger partial charge in [-0.3, -0.25) is 4.98 Å². The first-order valence-corrected chi connectivity index (χ1v) is 4.32. The largest absolute Gasteiger partial charge is 0.410 e. The van der Waals surface area contributed by atoms with Gasteiger partial charge in [0.15, 0.2) is 5.17 Å². The van der Waals surface area contributed by atoms with Crippen molar-refractivity contribution < 1.29 is 5.21 Å². The van der Waals surface area contributed by atoms with Gasteiger partial charge in [0.2, 0.25) is 0 Å². The molecule has 3 nitrogen and oxygen atoms in total. The summed E-state index contributed by atoms with van der Waals surface area (Å²) in [6, 6.07) is 1.84. The Balaban J connectivity index is 3.18. The van der Waals surface area contributed by atoms with Gasteiger partial charge in [-0.05, 0) is 34.5 Å². The number of rotatable bonds is 1. The zero-order valence-electron chi connectivity index (χ0n) is 6.25. The molecule has 0 amide bonds. The molecule has 64 valence electrons. The van der Waals surface area contributed by atoms with Crippen LogP contribution < -0.4 is 0 Å². The van der Waals surface area contributed by atoms with Gasteiger partial charge in [-0.2, -0.15) is 0 Å². The predicted molar refractivity (Wildman–Crippen MR) is 50.9 cm³/mol. The van der Waals surface area contributed by atoms with Crippen LogP contribution in [0.1, 0.15) is 11.3 Å². The van der Waals surface area contributed by atoms with Gasteiger partial charge < -0.3 is 5.21 Å². The summed E-state index contributed by atoms with van der Waals surface area (Å²) in [5.41, 5.74) is 1.34. The van der Waals surface area contributed by atoms with Crippen molar-refractivity contribution in [2.24, 2.45) is 5.16 Å². The Morgan fingerprint density at radius 1 is 1.75 bits per heavy atom. The van der Waals surface area contributed by atoms with Gasteiger partial charge in [0, 0.05) is 10.7 Å². The summed E-state index contributed by atoms with van der Waals surface area (Å²) < 4.78 is 0.867. The van der Waals surface area contributed by atoms with Gasteiger partial charge in [-0.1, -0.05) is 16.8 Å². The highest BCUT2D eigenvalue weighted by atomic mass is 79.9. The Kier molecular flexibility index (Phi) is 3.05. The molecule has 0 fully saturated rings. The van der Waals surface area contributed by atoms with Crippen molar-refractivity contribution >= 4 is 32.7 Å². The van der Waals surface area contributed by atoms with E-state index in [9.17, 15) is 0 Å². The lowest BCUT2D eigenvalue weighted by Crippen LogP contribution is -1.98. The average molecular weight is 249 g/mol. The highest BCUT2D eigenvalue weighted by molar-refractivity contribution is 9.10. The minimum absolute atomic E-state index is 0.000000000000000444. The first kappa shape index (κ1) is 9.48. The van der Waals surface area contributed by atoms with Crippen molar-refractivity contribution in [3.05, 3.63) is 28.0 Å². The van der Waals surface area contributed by atoms with Crippen LogP contribution in [0.2, 0.25) is 0 Å². The third kappa shape index (κ3) is 1.95. The van der Waals surface area contributed by atoms with Crippen LogP contribution in [0, 0.1) is 6.92 Å². The van der Waals surface area contributed by atoms with Crippen LogP contribution in [0.25, 0.3) is 0 Å². The first-order valence-electron chi connectivity index (χ1n) is 3.15. The Hall–Kier alpha value is -0.610. The molecule has 0 aromatic carbocycles. The lowest BCUT2D eigenvalue weighted by Gasteiger charge is -2.00. The number of aryl methyl sites for hydroxylation is 1. The van der Waals surface area contributed by atoms with Gasteiger partial charge in [0.1, 0.15) is 5.69 Å². The number of oxime groups is 1. The van der Waals surface area contributed by atoms with Crippen LogP contribution in [0.4, 0.5) is 0 Å². The maximum atomic E-state index is 8.39. The van der Waals surface area contributed by atoms with Crippen molar-refractivity contribution in [1.82, 2.24) is 4.98 Å². The SMILES string of the molecule is Cc1cc(Br)cnc1C(Cl)=NO. The maximum absolute atomic E-state index is 8.39. The zero-order chi connectivity index (χ0) is 9.14. The van der Waals surface area contributed by atoms with E-state index in [0.717, 1.165) is 10.0 Å². The maximum Gasteiger partial charge on any atom is 0.194 e. The monoisotopic (exact) mass is 248 g/mol. The molecule has 1 N–H and O–H groups in total. The molecule has 0 aliphatic rings. The van der Waals surface area contributed by atoms with Gasteiger partial charge in [0.05, 0.1) is 0 Å². The van der Waals surface area contributed by atoms with Gasteiger partial charge >= 0.3 is 0 Å². The number of pyridine rings is 1. The molecule has 0 saturated carbocycles. The molecule has 0 atom stereocenters. The summed E-state index contributed by atoms with van der Waals surface area (Å²) in [5, 5.41) is 11.2. The minimum atomic E-state index is 0.000000000000000444. The third-order valence-corrected chi connectivity index (χ3v) is 2.02. The topological polar surface area (TPSA) is 45.5 Å². The Morgan fingerprint density at radius 2 is 2.42 bits per heavy atom. The van der Waals surface area contributed by atoms with E-state index >= 15 is 0 Å². The quantitative estimate of drug-likeness (QED) is 0.472. The molecular formula is C7H6BrClN2O. The predicted octanol–water partition coefficient (Wildman–Crippen LogP) is 2.53. The second-order valence-electron chi connectivity index (χ2n) is 2.21. The second-order valence-corrected chi connectivity index (χ2v) is 3.48. The molecule has 1 aromatic heterocycles. The third-order valence-electron chi connectivity index (χ3n) is 1.33. The number of aromatic nitrogens is 1. The van der Waals surface area contributed by atoms with Gasteiger partial charge in [-0.15, -0.1) is 0 Å². The van der Waals surface area contributed by atoms with E-state index in [-0.39, 0.29) is 5.17 Å². The molecule has 0 bridgehead atoms. The second kappa shape index (κ2) is 3.87. The van der Waals surface area contributed by atoms with Crippen molar-refractivity contribution in [2.45, 2.75) is 6.92 Å². The zero-order valence-corrected chi connectivity index (χ0v) is 8.59. The molecule has 0 radical (unpaired) electrons. The normalized spacial score (nSPS) is 11.8. The van der Waals surface area contributed by atoms with E-state index in [1.54, 1.807) is 6.20 Å². The first-order chi connectivity index (χ1) is 5.65. The van der Waals surface area contributed by atoms with Crippen molar-refractivity contribution in [2.75, 3.05) is 0 Å². The molecule has 0 aliphatic heterocycles. The van der Waals surface area contributed by atoms with Crippen molar-refractivity contribution in [3.8, 4) is 0 Å². The van der Waals surface area contributed by atoms with Crippen molar-refractivity contribution in [1.29, 1.82) is 0 Å². The fourth-order valence-corrected chi connectivity index (χ4v) is 1.45. The van der Waals surface area contributed by atoms with E-state index in [2.05, 4.69) is 26.1 Å². The fourth-order valence-electron chi connectivity index (χ4n) is 0.804. The van der Waals surface area contributed by atoms with Gasteiger partial charge in [0.25, 0.3) is 0 Å². The highest BCUT2D eigenvalue weighted by Crippen LogP contribution is 2.14. The Labute approximate surface area is 83.2 Å². The smallest absolute Gasteiger partial charge is 0.194 e. The average Bonchev–Trinajstić information content (AvgIpc) is 2.03. The van der Waals surface area contributed by atoms with E-state index < -0.39 is 0 Å². The number of nitrogens with zero attached hydrogens (tertiary/aromatic N) is 2. The Bertz CT molecular complexity index is 327. The number of hydrogen-bond acceptors (Lipinski definition) is 3. The lowest BCUT2D eigenvalue weighted by molar-refractivity contribution is 0.320. The standard InChI is InChI=1S/C7H6BrClN2O/c1-4-2-5(8)3-10-6(4)7(9)11-12/h2-3,12H,1H3. The molecule has 1 heterocycles. The molecule has 1 aromatic rings. The molecule has 0 saturated heterocycles. The van der Waals surface area contributed by atoms with Crippen LogP contribution >= 0.6 is 27.5 Å². The molecule has 1 rings (SSSR count). The van der Waals surface area contributed by atoms with Crippen molar-refractivity contribution in [3.63, 3.8) is 0 Å². The summed E-state index contributed by atoms with van der Waals surface area (Å²) in [6.07, 6.45) is 1.59. The molecule has 12 heavy (non-hydrogen) atoms. The fraction of sp³-hybridized carbons (Fsp3) is 0.143. The number of hydrogen-bond donors (Lipinski definition) is 1. The van der Waals surface area contributed by atoms with Crippen LogP contribution in [0.5, 0.6) is 0 Å². The summed E-state index contributed by atoms with van der Waals surface area (Å²) in [4.78, 5) is 3.98.